The van der Waals surface area contributed by atoms with Crippen LogP contribution < -0.4 is 16.4 Å². The lowest BCUT2D eigenvalue weighted by Crippen LogP contribution is -2.41. The number of hydrogen-bond acceptors (Lipinski definition) is 6. The first-order valence-electron chi connectivity index (χ1n) is 14.0. The average Bonchev–Trinajstić information content (AvgIpc) is 2.85. The van der Waals surface area contributed by atoms with Crippen LogP contribution in [0.5, 0.6) is 0 Å². The van der Waals surface area contributed by atoms with Crippen molar-refractivity contribution in [3.05, 3.63) is 0 Å². The molecular weight excluding hydrogens is 478 g/mol. The van der Waals surface area contributed by atoms with Crippen molar-refractivity contribution in [2.24, 2.45) is 5.73 Å². The minimum absolute atomic E-state index is 0.00974. The van der Waals surface area contributed by atoms with Crippen molar-refractivity contribution in [1.29, 1.82) is 0 Å². The molecule has 0 unspecified atom stereocenters. The van der Waals surface area contributed by atoms with Crippen molar-refractivity contribution in [2.45, 2.75) is 134 Å². The smallest absolute Gasteiger partial charge is 0.326 e. The summed E-state index contributed by atoms with van der Waals surface area (Å²) < 4.78 is 0. The monoisotopic (exact) mass is 527 g/mol. The predicted octanol–water partition coefficient (Wildman–Crippen LogP) is 3.69. The molecule has 0 spiro atoms. The van der Waals surface area contributed by atoms with E-state index in [4.69, 9.17) is 10.8 Å². The van der Waals surface area contributed by atoms with Gasteiger partial charge in [0.25, 0.3) is 0 Å². The Morgan fingerprint density at radius 2 is 1.16 bits per heavy atom. The molecule has 6 N–H and O–H groups in total. The largest absolute Gasteiger partial charge is 0.481 e. The number of carboxylic acids is 2. The molecule has 0 heterocycles. The number of amides is 2. The first-order chi connectivity index (χ1) is 17.8. The average molecular weight is 528 g/mol. The van der Waals surface area contributed by atoms with Crippen LogP contribution in [0.15, 0.2) is 0 Å². The van der Waals surface area contributed by atoms with Gasteiger partial charge in [-0.25, -0.2) is 4.79 Å². The molecule has 0 rings (SSSR count). The molecular formula is C27H49N3O7. The third-order valence-corrected chi connectivity index (χ3v) is 6.30. The van der Waals surface area contributed by atoms with Gasteiger partial charge in [0.2, 0.25) is 11.8 Å². The molecule has 0 fully saturated rings. The Bertz CT molecular complexity index is 658. The number of rotatable bonds is 26. The number of carboxylic acid groups (broad SMARTS) is 2. The molecule has 0 aliphatic carbocycles. The molecule has 37 heavy (non-hydrogen) atoms. The molecule has 214 valence electrons. The number of carbonyl (C=O) groups is 5. The quantitative estimate of drug-likeness (QED) is 0.0835. The highest BCUT2D eigenvalue weighted by atomic mass is 16.4. The molecule has 0 aliphatic heterocycles. The molecule has 0 aromatic rings. The Hall–Kier alpha value is -2.49. The third kappa shape index (κ3) is 23.6. The fourth-order valence-electron chi connectivity index (χ4n) is 4.02. The van der Waals surface area contributed by atoms with Crippen LogP contribution in [0.3, 0.4) is 0 Å². The molecule has 0 aromatic carbocycles. The molecule has 0 saturated carbocycles. The van der Waals surface area contributed by atoms with Crippen molar-refractivity contribution in [3.63, 3.8) is 0 Å². The van der Waals surface area contributed by atoms with E-state index in [1.54, 1.807) is 0 Å². The fraction of sp³-hybridized carbons (Fsp3) is 0.815. The number of hydrogen-bond donors (Lipinski definition) is 5. The second kappa shape index (κ2) is 23.9. The number of carbonyl (C=O) groups excluding carboxylic acids is 3. The highest BCUT2D eigenvalue weighted by molar-refractivity contribution is 5.84. The second-order valence-electron chi connectivity index (χ2n) is 9.78. The van der Waals surface area contributed by atoms with Gasteiger partial charge in [-0.3, -0.25) is 14.4 Å². The van der Waals surface area contributed by atoms with Crippen LogP contribution in [0.25, 0.3) is 0 Å². The predicted molar refractivity (Wildman–Crippen MR) is 142 cm³/mol. The fourth-order valence-corrected chi connectivity index (χ4v) is 4.02. The summed E-state index contributed by atoms with van der Waals surface area (Å²) in [7, 11) is 0. The van der Waals surface area contributed by atoms with Crippen LogP contribution in [0.4, 0.5) is 0 Å². The Morgan fingerprint density at radius 3 is 1.65 bits per heavy atom. The standard InChI is InChI=1S/C27H49N3O7/c28-22(21-31)15-13-14-20-29-24(32)19-18-23(27(36)37)30-25(33)16-11-9-7-5-3-1-2-4-6-8-10-12-17-26(34)35/h21-23H,1-20,28H2,(H,29,32)(H,30,33)(H,34,35)(H,36,37)/t22-,23-/m0/s1. The molecule has 0 aromatic heterocycles. The maximum atomic E-state index is 12.1. The minimum atomic E-state index is -1.15. The van der Waals surface area contributed by atoms with Gasteiger partial charge < -0.3 is 31.4 Å². The summed E-state index contributed by atoms with van der Waals surface area (Å²) in [5, 5.41) is 23.2. The molecule has 10 nitrogen and oxygen atoms in total. The number of nitrogens with one attached hydrogen (secondary N) is 2. The number of aliphatic carboxylic acids is 2. The van der Waals surface area contributed by atoms with Crippen molar-refractivity contribution >= 4 is 30.0 Å². The Morgan fingerprint density at radius 1 is 0.649 bits per heavy atom. The van der Waals surface area contributed by atoms with Crippen LogP contribution in [-0.2, 0) is 24.0 Å². The van der Waals surface area contributed by atoms with E-state index >= 15 is 0 Å². The van der Waals surface area contributed by atoms with Crippen LogP contribution in [0, 0.1) is 0 Å². The van der Waals surface area contributed by atoms with E-state index in [-0.39, 0.29) is 37.5 Å². The zero-order valence-corrected chi connectivity index (χ0v) is 22.4. The van der Waals surface area contributed by atoms with E-state index in [0.717, 1.165) is 44.9 Å². The zero-order chi connectivity index (χ0) is 27.7. The van der Waals surface area contributed by atoms with Crippen LogP contribution in [0.2, 0.25) is 0 Å². The zero-order valence-electron chi connectivity index (χ0n) is 22.4. The topological polar surface area (TPSA) is 176 Å². The maximum absolute atomic E-state index is 12.1. The summed E-state index contributed by atoms with van der Waals surface area (Å²) >= 11 is 0. The van der Waals surface area contributed by atoms with Crippen molar-refractivity contribution in [1.82, 2.24) is 10.6 Å². The van der Waals surface area contributed by atoms with Gasteiger partial charge in [0.1, 0.15) is 12.3 Å². The highest BCUT2D eigenvalue weighted by Crippen LogP contribution is 2.13. The Labute approximate surface area is 221 Å². The number of unbranched alkanes of at least 4 members (excludes halogenated alkanes) is 12. The highest BCUT2D eigenvalue weighted by Gasteiger charge is 2.20. The lowest BCUT2D eigenvalue weighted by atomic mass is 10.0. The van der Waals surface area contributed by atoms with E-state index in [1.165, 1.54) is 25.7 Å². The first kappa shape index (κ1) is 34.5. The number of nitrogens with two attached hydrogens (primary N) is 1. The Balaban J connectivity index is 3.72. The molecule has 0 bridgehead atoms. The SMILES string of the molecule is N[C@H](C=O)CCCCNC(=O)CC[C@H](NC(=O)CCCCCCCCCCCCCCC(=O)O)C(=O)O. The Kier molecular flexibility index (Phi) is 22.3. The lowest BCUT2D eigenvalue weighted by Gasteiger charge is -2.14. The van der Waals surface area contributed by atoms with Crippen molar-refractivity contribution < 1.29 is 34.2 Å². The molecule has 0 saturated heterocycles. The van der Waals surface area contributed by atoms with Crippen LogP contribution in [0.1, 0.15) is 122 Å². The second-order valence-corrected chi connectivity index (χ2v) is 9.78. The molecule has 10 heteroatoms. The molecule has 0 aliphatic rings. The van der Waals surface area contributed by atoms with E-state index in [0.29, 0.717) is 38.5 Å². The first-order valence-corrected chi connectivity index (χ1v) is 14.0. The molecule has 2 atom stereocenters. The van der Waals surface area contributed by atoms with Crippen LogP contribution in [-0.4, -0.2) is 58.9 Å². The summed E-state index contributed by atoms with van der Waals surface area (Å²) in [6, 6.07) is -1.56. The van der Waals surface area contributed by atoms with Gasteiger partial charge in [-0.2, -0.15) is 0 Å². The third-order valence-electron chi connectivity index (χ3n) is 6.30. The van der Waals surface area contributed by atoms with Crippen molar-refractivity contribution in [2.75, 3.05) is 6.54 Å². The van der Waals surface area contributed by atoms with Gasteiger partial charge in [-0.1, -0.05) is 64.2 Å². The van der Waals surface area contributed by atoms with E-state index in [9.17, 15) is 29.1 Å². The maximum Gasteiger partial charge on any atom is 0.326 e. The normalized spacial score (nSPS) is 12.5. The van der Waals surface area contributed by atoms with E-state index in [1.807, 2.05) is 0 Å². The molecule has 2 amide bonds. The van der Waals surface area contributed by atoms with E-state index < -0.39 is 24.0 Å². The summed E-state index contributed by atoms with van der Waals surface area (Å²) in [6.07, 6.45) is 15.8. The van der Waals surface area contributed by atoms with Gasteiger partial charge in [0, 0.05) is 25.8 Å². The number of aldehydes is 1. The van der Waals surface area contributed by atoms with Gasteiger partial charge in [0.15, 0.2) is 0 Å². The van der Waals surface area contributed by atoms with E-state index in [2.05, 4.69) is 10.6 Å². The summed E-state index contributed by atoms with van der Waals surface area (Å²) in [6.45, 7) is 0.435. The minimum Gasteiger partial charge on any atom is -0.481 e. The lowest BCUT2D eigenvalue weighted by molar-refractivity contribution is -0.142. The van der Waals surface area contributed by atoms with Crippen LogP contribution >= 0.6 is 0 Å². The van der Waals surface area contributed by atoms with Gasteiger partial charge in [-0.15, -0.1) is 0 Å². The molecule has 0 radical (unpaired) electrons. The summed E-state index contributed by atoms with van der Waals surface area (Å²) in [4.78, 5) is 56.4. The summed E-state index contributed by atoms with van der Waals surface area (Å²) in [5.74, 6) is -2.44. The van der Waals surface area contributed by atoms with Gasteiger partial charge in [-0.05, 0) is 38.5 Å². The summed E-state index contributed by atoms with van der Waals surface area (Å²) in [5.41, 5.74) is 5.50. The van der Waals surface area contributed by atoms with Crippen molar-refractivity contribution in [3.8, 4) is 0 Å². The van der Waals surface area contributed by atoms with Gasteiger partial charge in [0.05, 0.1) is 6.04 Å². The van der Waals surface area contributed by atoms with Gasteiger partial charge >= 0.3 is 11.9 Å².